The van der Waals surface area contributed by atoms with Crippen molar-refractivity contribution in [3.63, 3.8) is 0 Å². The highest BCUT2D eigenvalue weighted by atomic mass is 19.4. The van der Waals surface area contributed by atoms with Crippen molar-refractivity contribution in [3.8, 4) is 11.1 Å². The van der Waals surface area contributed by atoms with Gasteiger partial charge in [0, 0.05) is 6.42 Å². The lowest BCUT2D eigenvalue weighted by Gasteiger charge is -2.14. The van der Waals surface area contributed by atoms with Gasteiger partial charge in [-0.2, -0.15) is 13.2 Å². The second-order valence-corrected chi connectivity index (χ2v) is 8.24. The Morgan fingerprint density at radius 3 is 2.09 bits per heavy atom. The van der Waals surface area contributed by atoms with Gasteiger partial charge in [0.1, 0.15) is 0 Å². The van der Waals surface area contributed by atoms with Crippen molar-refractivity contribution in [1.82, 2.24) is 9.13 Å². The van der Waals surface area contributed by atoms with Crippen LogP contribution in [0.1, 0.15) is 55.4 Å². The molecule has 170 valence electrons. The van der Waals surface area contributed by atoms with Gasteiger partial charge in [0.2, 0.25) is 5.91 Å². The minimum Gasteiger partial charge on any atom is -0.291 e. The Kier molecular flexibility index (Phi) is 7.06. The van der Waals surface area contributed by atoms with Gasteiger partial charge in [-0.3, -0.25) is 9.36 Å². The van der Waals surface area contributed by atoms with Crippen LogP contribution in [0.5, 0.6) is 0 Å². The molecule has 1 heterocycles. The number of halogens is 3. The van der Waals surface area contributed by atoms with Crippen LogP contribution >= 0.6 is 0 Å². The van der Waals surface area contributed by atoms with Crippen LogP contribution in [-0.4, -0.2) is 15.0 Å². The third-order valence-corrected chi connectivity index (χ3v) is 5.43. The number of hydrogen-bond donors (Lipinski definition) is 0. The molecule has 0 aliphatic rings. The molecule has 0 spiro atoms. The summed E-state index contributed by atoms with van der Waals surface area (Å²) in [7, 11) is 0. The lowest BCUT2D eigenvalue weighted by atomic mass is 10.0. The summed E-state index contributed by atoms with van der Waals surface area (Å²) >= 11 is 0. The Morgan fingerprint density at radius 2 is 1.56 bits per heavy atom. The van der Waals surface area contributed by atoms with Crippen LogP contribution in [0.25, 0.3) is 11.1 Å². The van der Waals surface area contributed by atoms with Gasteiger partial charge in [-0.05, 0) is 35.4 Å². The number of alkyl halides is 3. The standard InChI is InChI=1S/C25H27F3N2O2/c1-4-22(31)30-23(25(26,27)28)21(15-10-17(2)3)29(24(30)32)16-18-11-13-20(14-12-18)19-8-6-5-7-9-19/h5-9,11-14,17H,4,10,15-16H2,1-3H3. The molecule has 0 aliphatic heterocycles. The fourth-order valence-corrected chi connectivity index (χ4v) is 3.73. The summed E-state index contributed by atoms with van der Waals surface area (Å²) in [4.78, 5) is 25.3. The van der Waals surface area contributed by atoms with Gasteiger partial charge >= 0.3 is 11.9 Å². The van der Waals surface area contributed by atoms with Crippen molar-refractivity contribution in [2.24, 2.45) is 5.92 Å². The Labute approximate surface area is 185 Å². The molecule has 0 radical (unpaired) electrons. The van der Waals surface area contributed by atoms with E-state index in [-0.39, 0.29) is 31.0 Å². The zero-order chi connectivity index (χ0) is 23.5. The van der Waals surface area contributed by atoms with E-state index in [1.165, 1.54) is 6.92 Å². The molecule has 1 aromatic heterocycles. The van der Waals surface area contributed by atoms with E-state index < -0.39 is 23.5 Å². The molecule has 32 heavy (non-hydrogen) atoms. The molecule has 0 saturated carbocycles. The fraction of sp³-hybridized carbons (Fsp3) is 0.360. The van der Waals surface area contributed by atoms with Crippen LogP contribution in [0.4, 0.5) is 13.2 Å². The third-order valence-electron chi connectivity index (χ3n) is 5.43. The molecule has 0 aliphatic carbocycles. The summed E-state index contributed by atoms with van der Waals surface area (Å²) in [5, 5.41) is 0. The van der Waals surface area contributed by atoms with Crippen LogP contribution in [0.2, 0.25) is 0 Å². The van der Waals surface area contributed by atoms with Gasteiger partial charge in [0.05, 0.1) is 12.2 Å². The number of nitrogens with zero attached hydrogens (tertiary/aromatic N) is 2. The topological polar surface area (TPSA) is 44.0 Å². The van der Waals surface area contributed by atoms with E-state index in [0.717, 1.165) is 15.7 Å². The summed E-state index contributed by atoms with van der Waals surface area (Å²) < 4.78 is 43.4. The average molecular weight is 444 g/mol. The highest BCUT2D eigenvalue weighted by molar-refractivity contribution is 5.79. The number of imidazole rings is 1. The van der Waals surface area contributed by atoms with Crippen LogP contribution < -0.4 is 5.69 Å². The van der Waals surface area contributed by atoms with E-state index in [0.29, 0.717) is 16.6 Å². The van der Waals surface area contributed by atoms with E-state index in [9.17, 15) is 22.8 Å². The van der Waals surface area contributed by atoms with E-state index >= 15 is 0 Å². The predicted octanol–water partition coefficient (Wildman–Crippen LogP) is 6.02. The van der Waals surface area contributed by atoms with Crippen LogP contribution in [-0.2, 0) is 19.1 Å². The van der Waals surface area contributed by atoms with Crippen LogP contribution in [0.15, 0.2) is 59.4 Å². The number of hydrogen-bond acceptors (Lipinski definition) is 2. The molecule has 3 rings (SSSR count). The highest BCUT2D eigenvalue weighted by Gasteiger charge is 2.42. The third kappa shape index (κ3) is 5.03. The molecule has 0 atom stereocenters. The van der Waals surface area contributed by atoms with Crippen molar-refractivity contribution in [3.05, 3.63) is 82.0 Å². The van der Waals surface area contributed by atoms with Gasteiger partial charge in [-0.15, -0.1) is 0 Å². The Hall–Kier alpha value is -3.09. The normalized spacial score (nSPS) is 11.8. The Balaban J connectivity index is 2.07. The number of carbonyl (C=O) groups excluding carboxylic acids is 1. The van der Waals surface area contributed by atoms with E-state index in [4.69, 9.17) is 0 Å². The highest BCUT2D eigenvalue weighted by Crippen LogP contribution is 2.33. The Bertz CT molecular complexity index is 1120. The number of rotatable bonds is 7. The maximum Gasteiger partial charge on any atom is 0.433 e. The molecule has 0 amide bonds. The molecule has 0 fully saturated rings. The molecule has 0 unspecified atom stereocenters. The summed E-state index contributed by atoms with van der Waals surface area (Å²) in [6.45, 7) is 5.23. The van der Waals surface area contributed by atoms with Gasteiger partial charge in [-0.1, -0.05) is 75.4 Å². The quantitative estimate of drug-likeness (QED) is 0.447. The number of aromatic nitrogens is 2. The molecule has 0 bridgehead atoms. The second-order valence-electron chi connectivity index (χ2n) is 8.24. The van der Waals surface area contributed by atoms with E-state index in [1.807, 2.05) is 56.3 Å². The first kappa shape index (κ1) is 23.6. The van der Waals surface area contributed by atoms with Crippen molar-refractivity contribution in [2.45, 2.75) is 52.8 Å². The zero-order valence-corrected chi connectivity index (χ0v) is 18.4. The molecule has 7 heteroatoms. The molecule has 0 saturated heterocycles. The summed E-state index contributed by atoms with van der Waals surface area (Å²) in [5.74, 6) is -0.707. The average Bonchev–Trinajstić information content (AvgIpc) is 3.04. The molecular formula is C25H27F3N2O2. The zero-order valence-electron chi connectivity index (χ0n) is 18.4. The van der Waals surface area contributed by atoms with Crippen molar-refractivity contribution in [1.29, 1.82) is 0 Å². The van der Waals surface area contributed by atoms with Crippen molar-refractivity contribution < 1.29 is 18.0 Å². The van der Waals surface area contributed by atoms with Gasteiger partial charge in [-0.25, -0.2) is 9.36 Å². The van der Waals surface area contributed by atoms with Gasteiger partial charge in [0.15, 0.2) is 5.69 Å². The lowest BCUT2D eigenvalue weighted by Crippen LogP contribution is -2.31. The number of benzene rings is 2. The molecule has 2 aromatic carbocycles. The molecule has 3 aromatic rings. The first-order valence-corrected chi connectivity index (χ1v) is 10.7. The second kappa shape index (κ2) is 9.59. The predicted molar refractivity (Wildman–Crippen MR) is 119 cm³/mol. The van der Waals surface area contributed by atoms with Gasteiger partial charge < -0.3 is 0 Å². The first-order valence-electron chi connectivity index (χ1n) is 10.7. The van der Waals surface area contributed by atoms with E-state index in [2.05, 4.69) is 0 Å². The maximum atomic E-state index is 14.0. The smallest absolute Gasteiger partial charge is 0.291 e. The van der Waals surface area contributed by atoms with Crippen molar-refractivity contribution >= 4 is 5.91 Å². The minimum atomic E-state index is -4.81. The first-order chi connectivity index (χ1) is 15.1. The summed E-state index contributed by atoms with van der Waals surface area (Å²) in [6.07, 6.45) is -4.46. The lowest BCUT2D eigenvalue weighted by molar-refractivity contribution is -0.143. The summed E-state index contributed by atoms with van der Waals surface area (Å²) in [5.41, 5.74) is 0.466. The summed E-state index contributed by atoms with van der Waals surface area (Å²) in [6, 6.07) is 17.1. The molecule has 0 N–H and O–H groups in total. The fourth-order valence-electron chi connectivity index (χ4n) is 3.73. The monoisotopic (exact) mass is 444 g/mol. The molecule has 4 nitrogen and oxygen atoms in total. The molecular weight excluding hydrogens is 417 g/mol. The number of carbonyl (C=O) groups is 1. The van der Waals surface area contributed by atoms with E-state index in [1.54, 1.807) is 12.1 Å². The van der Waals surface area contributed by atoms with Crippen LogP contribution in [0.3, 0.4) is 0 Å². The van der Waals surface area contributed by atoms with Gasteiger partial charge in [0.25, 0.3) is 0 Å². The van der Waals surface area contributed by atoms with Crippen molar-refractivity contribution in [2.75, 3.05) is 0 Å². The minimum absolute atomic E-state index is 0.0333. The maximum absolute atomic E-state index is 14.0. The SMILES string of the molecule is CCC(=O)n1c(C(F)(F)F)c(CCC(C)C)n(Cc2ccc(-c3ccccc3)cc2)c1=O. The largest absolute Gasteiger partial charge is 0.433 e. The van der Waals surface area contributed by atoms with Crippen LogP contribution in [0, 0.1) is 5.92 Å². The Morgan fingerprint density at radius 1 is 0.969 bits per heavy atom.